The molecule has 2 saturated heterocycles. The molecule has 2 heterocycles. The minimum Gasteiger partial charge on any atom is -0.379 e. The maximum absolute atomic E-state index is 12.4. The first-order chi connectivity index (χ1) is 11.7. The lowest BCUT2D eigenvalue weighted by Crippen LogP contribution is -2.52. The number of carbonyl (C=O) groups is 1. The van der Waals surface area contributed by atoms with Crippen molar-refractivity contribution in [2.24, 2.45) is 0 Å². The number of nitriles is 1. The Morgan fingerprint density at radius 2 is 1.88 bits per heavy atom. The molecule has 0 spiro atoms. The second-order valence-corrected chi connectivity index (χ2v) is 6.44. The first kappa shape index (κ1) is 17.0. The van der Waals surface area contributed by atoms with Gasteiger partial charge in [-0.2, -0.15) is 5.26 Å². The molecule has 1 aromatic rings. The number of hydrogen-bond acceptors (Lipinski definition) is 5. The Morgan fingerprint density at radius 1 is 1.17 bits per heavy atom. The molecule has 0 bridgehead atoms. The van der Waals surface area contributed by atoms with Crippen LogP contribution in [0.3, 0.4) is 0 Å². The molecule has 0 aliphatic carbocycles. The molecule has 2 aliphatic rings. The zero-order chi connectivity index (χ0) is 16.9. The summed E-state index contributed by atoms with van der Waals surface area (Å²) in [6, 6.07) is 7.43. The van der Waals surface area contributed by atoms with Crippen LogP contribution in [-0.4, -0.2) is 74.7 Å². The topological polar surface area (TPSA) is 59.8 Å². The van der Waals surface area contributed by atoms with E-state index in [0.717, 1.165) is 31.9 Å². The standard InChI is InChI=1S/C17H21ClN4O2/c18-15-11-14(12-19)1-2-16(15)21-3-5-22(6-4-21)17(23)13-20-7-9-24-10-8-20/h1-2,11H,3-10,13H2. The van der Waals surface area contributed by atoms with Crippen molar-refractivity contribution < 1.29 is 9.53 Å². The van der Waals surface area contributed by atoms with Crippen molar-refractivity contribution in [1.82, 2.24) is 9.80 Å². The zero-order valence-corrected chi connectivity index (χ0v) is 14.3. The van der Waals surface area contributed by atoms with E-state index >= 15 is 0 Å². The van der Waals surface area contributed by atoms with Gasteiger partial charge in [-0.1, -0.05) is 11.6 Å². The highest BCUT2D eigenvalue weighted by molar-refractivity contribution is 6.33. The third-order valence-corrected chi connectivity index (χ3v) is 4.82. The van der Waals surface area contributed by atoms with Crippen molar-refractivity contribution in [3.63, 3.8) is 0 Å². The highest BCUT2D eigenvalue weighted by Crippen LogP contribution is 2.27. The van der Waals surface area contributed by atoms with Gasteiger partial charge in [0.1, 0.15) is 0 Å². The van der Waals surface area contributed by atoms with Gasteiger partial charge in [0, 0.05) is 39.3 Å². The molecule has 0 radical (unpaired) electrons. The van der Waals surface area contributed by atoms with Crippen LogP contribution in [0.4, 0.5) is 5.69 Å². The Kier molecular flexibility index (Phi) is 5.56. The largest absolute Gasteiger partial charge is 0.379 e. The Bertz CT molecular complexity index is 632. The molecule has 0 aromatic heterocycles. The third-order valence-electron chi connectivity index (χ3n) is 4.51. The van der Waals surface area contributed by atoms with Gasteiger partial charge in [0.25, 0.3) is 0 Å². The number of benzene rings is 1. The SMILES string of the molecule is N#Cc1ccc(N2CCN(C(=O)CN3CCOCC3)CC2)c(Cl)c1. The predicted octanol–water partition coefficient (Wildman–Crippen LogP) is 1.19. The van der Waals surface area contributed by atoms with E-state index in [0.29, 0.717) is 43.4 Å². The monoisotopic (exact) mass is 348 g/mol. The van der Waals surface area contributed by atoms with Gasteiger partial charge in [0.15, 0.2) is 0 Å². The molecule has 0 unspecified atom stereocenters. The van der Waals surface area contributed by atoms with Gasteiger partial charge in [-0.15, -0.1) is 0 Å². The Balaban J connectivity index is 1.53. The van der Waals surface area contributed by atoms with Gasteiger partial charge in [0.2, 0.25) is 5.91 Å². The van der Waals surface area contributed by atoms with E-state index in [9.17, 15) is 4.79 Å². The number of carbonyl (C=O) groups excluding carboxylic acids is 1. The van der Waals surface area contributed by atoms with Gasteiger partial charge in [-0.25, -0.2) is 0 Å². The van der Waals surface area contributed by atoms with E-state index in [4.69, 9.17) is 21.6 Å². The van der Waals surface area contributed by atoms with E-state index in [2.05, 4.69) is 15.9 Å². The molecule has 0 N–H and O–H groups in total. The number of anilines is 1. The summed E-state index contributed by atoms with van der Waals surface area (Å²) in [5, 5.41) is 9.50. The summed E-state index contributed by atoms with van der Waals surface area (Å²) < 4.78 is 5.31. The zero-order valence-electron chi connectivity index (χ0n) is 13.6. The Morgan fingerprint density at radius 3 is 2.50 bits per heavy atom. The summed E-state index contributed by atoms with van der Waals surface area (Å²) in [7, 11) is 0. The van der Waals surface area contributed by atoms with Crippen LogP contribution < -0.4 is 4.90 Å². The summed E-state index contributed by atoms with van der Waals surface area (Å²) in [4.78, 5) is 18.7. The van der Waals surface area contributed by atoms with Gasteiger partial charge in [-0.05, 0) is 18.2 Å². The lowest BCUT2D eigenvalue weighted by molar-refractivity contribution is -0.133. The average molecular weight is 349 g/mol. The number of nitrogens with zero attached hydrogens (tertiary/aromatic N) is 4. The molecule has 24 heavy (non-hydrogen) atoms. The molecule has 0 atom stereocenters. The highest BCUT2D eigenvalue weighted by Gasteiger charge is 2.24. The molecule has 3 rings (SSSR count). The summed E-state index contributed by atoms with van der Waals surface area (Å²) in [5.41, 5.74) is 1.49. The lowest BCUT2D eigenvalue weighted by Gasteiger charge is -2.37. The number of ether oxygens (including phenoxy) is 1. The predicted molar refractivity (Wildman–Crippen MR) is 92.2 cm³/mol. The van der Waals surface area contributed by atoms with Crippen LogP contribution in [0.25, 0.3) is 0 Å². The fourth-order valence-electron chi connectivity index (χ4n) is 3.08. The molecule has 128 valence electrons. The van der Waals surface area contributed by atoms with Crippen LogP contribution in [0.2, 0.25) is 5.02 Å². The smallest absolute Gasteiger partial charge is 0.236 e. The number of piperazine rings is 1. The second-order valence-electron chi connectivity index (χ2n) is 6.03. The fraction of sp³-hybridized carbons (Fsp3) is 0.529. The number of amides is 1. The molecule has 2 aliphatic heterocycles. The number of hydrogen-bond donors (Lipinski definition) is 0. The van der Waals surface area contributed by atoms with Crippen LogP contribution in [0, 0.1) is 11.3 Å². The normalized spacial score (nSPS) is 19.2. The van der Waals surface area contributed by atoms with Crippen molar-refractivity contribution in [1.29, 1.82) is 5.26 Å². The molecular formula is C17H21ClN4O2. The molecule has 2 fully saturated rings. The van der Waals surface area contributed by atoms with E-state index in [1.54, 1.807) is 12.1 Å². The van der Waals surface area contributed by atoms with Crippen molar-refractivity contribution >= 4 is 23.2 Å². The highest BCUT2D eigenvalue weighted by atomic mass is 35.5. The van der Waals surface area contributed by atoms with Crippen LogP contribution in [0.15, 0.2) is 18.2 Å². The molecule has 0 saturated carbocycles. The van der Waals surface area contributed by atoms with Crippen LogP contribution in [0.5, 0.6) is 0 Å². The minimum atomic E-state index is 0.183. The molecule has 1 aromatic carbocycles. The molecular weight excluding hydrogens is 328 g/mol. The average Bonchev–Trinajstić information content (AvgIpc) is 2.62. The Labute approximate surface area is 147 Å². The van der Waals surface area contributed by atoms with Crippen molar-refractivity contribution in [2.75, 3.05) is 63.9 Å². The molecule has 6 nitrogen and oxygen atoms in total. The maximum Gasteiger partial charge on any atom is 0.236 e. The summed E-state index contributed by atoms with van der Waals surface area (Å²) in [5.74, 6) is 0.183. The Hall–Kier alpha value is -1.81. The van der Waals surface area contributed by atoms with Crippen molar-refractivity contribution in [3.8, 4) is 6.07 Å². The third kappa shape index (κ3) is 3.99. The van der Waals surface area contributed by atoms with Gasteiger partial charge in [-0.3, -0.25) is 9.69 Å². The van der Waals surface area contributed by atoms with E-state index in [1.165, 1.54) is 0 Å². The van der Waals surface area contributed by atoms with Gasteiger partial charge >= 0.3 is 0 Å². The lowest BCUT2D eigenvalue weighted by atomic mass is 10.2. The summed E-state index contributed by atoms with van der Waals surface area (Å²) in [6.07, 6.45) is 0. The van der Waals surface area contributed by atoms with Crippen LogP contribution >= 0.6 is 11.6 Å². The van der Waals surface area contributed by atoms with Gasteiger partial charge in [0.05, 0.1) is 42.1 Å². The minimum absolute atomic E-state index is 0.183. The van der Waals surface area contributed by atoms with Crippen molar-refractivity contribution in [3.05, 3.63) is 28.8 Å². The van der Waals surface area contributed by atoms with E-state index in [1.807, 2.05) is 11.0 Å². The first-order valence-electron chi connectivity index (χ1n) is 8.20. The maximum atomic E-state index is 12.4. The quantitative estimate of drug-likeness (QED) is 0.821. The van der Waals surface area contributed by atoms with E-state index in [-0.39, 0.29) is 5.91 Å². The second kappa shape index (κ2) is 7.84. The number of morpholine rings is 1. The van der Waals surface area contributed by atoms with Crippen LogP contribution in [0.1, 0.15) is 5.56 Å². The molecule has 1 amide bonds. The fourth-order valence-corrected chi connectivity index (χ4v) is 3.38. The number of halogens is 1. The first-order valence-corrected chi connectivity index (χ1v) is 8.57. The summed E-state index contributed by atoms with van der Waals surface area (Å²) in [6.45, 7) is 6.43. The van der Waals surface area contributed by atoms with Gasteiger partial charge < -0.3 is 14.5 Å². The summed E-state index contributed by atoms with van der Waals surface area (Å²) >= 11 is 6.28. The van der Waals surface area contributed by atoms with E-state index < -0.39 is 0 Å². The van der Waals surface area contributed by atoms with Crippen LogP contribution in [-0.2, 0) is 9.53 Å². The molecule has 7 heteroatoms. The number of rotatable bonds is 3. The van der Waals surface area contributed by atoms with Crippen molar-refractivity contribution in [2.45, 2.75) is 0 Å².